The van der Waals surface area contributed by atoms with E-state index in [2.05, 4.69) is 14.9 Å². The molecule has 0 saturated carbocycles. The summed E-state index contributed by atoms with van der Waals surface area (Å²) < 4.78 is 1.75. The van der Waals surface area contributed by atoms with Crippen molar-refractivity contribution in [3.8, 4) is 11.3 Å². The van der Waals surface area contributed by atoms with E-state index in [-0.39, 0.29) is 11.9 Å². The highest BCUT2D eigenvalue weighted by Crippen LogP contribution is 2.23. The molecule has 1 atom stereocenters. The fourth-order valence-electron chi connectivity index (χ4n) is 4.25. The molecular formula is C22H30N4OS. The molecule has 0 bridgehead atoms. The van der Waals surface area contributed by atoms with Gasteiger partial charge in [0.1, 0.15) is 5.69 Å². The Morgan fingerprint density at radius 3 is 2.68 bits per heavy atom. The minimum atomic E-state index is 0.127. The SMILES string of the molecule is Cn1nc(-c2ccccc2)cc1C(=O)N1CCCSCC1CN1CCCCC1. The average molecular weight is 399 g/mol. The van der Waals surface area contributed by atoms with Crippen LogP contribution >= 0.6 is 11.8 Å². The molecule has 1 amide bonds. The Kier molecular flexibility index (Phi) is 6.37. The first-order valence-electron chi connectivity index (χ1n) is 10.4. The van der Waals surface area contributed by atoms with Crippen LogP contribution in [0.15, 0.2) is 36.4 Å². The largest absolute Gasteiger partial charge is 0.332 e. The van der Waals surface area contributed by atoms with Crippen molar-refractivity contribution in [3.05, 3.63) is 42.1 Å². The van der Waals surface area contributed by atoms with E-state index in [1.807, 2.05) is 55.2 Å². The highest BCUT2D eigenvalue weighted by molar-refractivity contribution is 7.99. The Hall–Kier alpha value is -1.79. The standard InChI is InChI=1S/C22H30N4OS/c1-24-21(15-20(23-24)18-9-4-2-5-10-18)22(27)26-13-8-14-28-17-19(26)16-25-11-6-3-7-12-25/h2,4-5,9-10,15,19H,3,6-8,11-14,16-17H2,1H3. The lowest BCUT2D eigenvalue weighted by molar-refractivity contribution is 0.0634. The van der Waals surface area contributed by atoms with E-state index in [0.717, 1.165) is 42.3 Å². The van der Waals surface area contributed by atoms with E-state index < -0.39 is 0 Å². The van der Waals surface area contributed by atoms with Crippen molar-refractivity contribution in [2.45, 2.75) is 31.7 Å². The van der Waals surface area contributed by atoms with Gasteiger partial charge >= 0.3 is 0 Å². The number of amides is 1. The van der Waals surface area contributed by atoms with Gasteiger partial charge in [0.25, 0.3) is 5.91 Å². The fourth-order valence-corrected chi connectivity index (χ4v) is 5.31. The molecule has 0 spiro atoms. The average Bonchev–Trinajstić information content (AvgIpc) is 2.97. The minimum absolute atomic E-state index is 0.127. The van der Waals surface area contributed by atoms with Crippen LogP contribution in [0.2, 0.25) is 0 Å². The molecule has 5 nitrogen and oxygen atoms in total. The Morgan fingerprint density at radius 2 is 1.89 bits per heavy atom. The molecule has 1 unspecified atom stereocenters. The molecule has 4 rings (SSSR count). The maximum atomic E-state index is 13.5. The summed E-state index contributed by atoms with van der Waals surface area (Å²) in [5, 5.41) is 4.61. The topological polar surface area (TPSA) is 41.4 Å². The number of rotatable bonds is 4. The maximum absolute atomic E-state index is 13.5. The third kappa shape index (κ3) is 4.44. The lowest BCUT2D eigenvalue weighted by Crippen LogP contribution is -2.49. The van der Waals surface area contributed by atoms with Gasteiger partial charge in [0.15, 0.2) is 0 Å². The van der Waals surface area contributed by atoms with Crippen molar-refractivity contribution in [1.29, 1.82) is 0 Å². The van der Waals surface area contributed by atoms with E-state index in [0.29, 0.717) is 5.69 Å². The second-order valence-electron chi connectivity index (χ2n) is 7.85. The first-order valence-corrected chi connectivity index (χ1v) is 11.6. The molecule has 3 heterocycles. The molecule has 2 aromatic rings. The van der Waals surface area contributed by atoms with Gasteiger partial charge in [-0.3, -0.25) is 9.48 Å². The number of thioether (sulfide) groups is 1. The lowest BCUT2D eigenvalue weighted by atomic mass is 10.1. The molecule has 2 aliphatic rings. The summed E-state index contributed by atoms with van der Waals surface area (Å²) in [5.74, 6) is 2.30. The van der Waals surface area contributed by atoms with Gasteiger partial charge in [0, 0.05) is 31.5 Å². The van der Waals surface area contributed by atoms with Crippen LogP contribution < -0.4 is 0 Å². The molecule has 2 saturated heterocycles. The molecule has 2 fully saturated rings. The number of hydrogen-bond acceptors (Lipinski definition) is 4. The zero-order valence-electron chi connectivity index (χ0n) is 16.7. The van der Waals surface area contributed by atoms with Crippen molar-refractivity contribution in [3.63, 3.8) is 0 Å². The number of carbonyl (C=O) groups is 1. The molecule has 150 valence electrons. The van der Waals surface area contributed by atoms with Crippen molar-refractivity contribution in [2.75, 3.05) is 37.7 Å². The quantitative estimate of drug-likeness (QED) is 0.790. The van der Waals surface area contributed by atoms with Crippen molar-refractivity contribution >= 4 is 17.7 Å². The first kappa shape index (κ1) is 19.5. The molecule has 0 aliphatic carbocycles. The third-order valence-electron chi connectivity index (χ3n) is 5.79. The number of aryl methyl sites for hydroxylation is 1. The maximum Gasteiger partial charge on any atom is 0.272 e. The number of benzene rings is 1. The number of nitrogens with zero attached hydrogens (tertiary/aromatic N) is 4. The molecule has 1 aromatic carbocycles. The zero-order valence-corrected chi connectivity index (χ0v) is 17.5. The normalized spacial score (nSPS) is 21.5. The molecule has 28 heavy (non-hydrogen) atoms. The molecular weight excluding hydrogens is 368 g/mol. The summed E-state index contributed by atoms with van der Waals surface area (Å²) in [7, 11) is 1.88. The van der Waals surface area contributed by atoms with Gasteiger partial charge in [-0.1, -0.05) is 36.8 Å². The highest BCUT2D eigenvalue weighted by Gasteiger charge is 2.30. The van der Waals surface area contributed by atoms with Crippen LogP contribution in [0.25, 0.3) is 11.3 Å². The molecule has 0 N–H and O–H groups in total. The fraction of sp³-hybridized carbons (Fsp3) is 0.545. The Labute approximate surface area is 172 Å². The Bertz CT molecular complexity index is 785. The minimum Gasteiger partial charge on any atom is -0.332 e. The molecule has 0 radical (unpaired) electrons. The van der Waals surface area contributed by atoms with Crippen molar-refractivity contribution in [1.82, 2.24) is 19.6 Å². The molecule has 2 aliphatic heterocycles. The van der Waals surface area contributed by atoms with Crippen molar-refractivity contribution < 1.29 is 4.79 Å². The molecule has 6 heteroatoms. The summed E-state index contributed by atoms with van der Waals surface area (Å²) >= 11 is 1.99. The summed E-state index contributed by atoms with van der Waals surface area (Å²) in [6.45, 7) is 4.19. The Morgan fingerprint density at radius 1 is 1.11 bits per heavy atom. The van der Waals surface area contributed by atoms with Gasteiger partial charge in [-0.2, -0.15) is 16.9 Å². The summed E-state index contributed by atoms with van der Waals surface area (Å²) in [5.41, 5.74) is 2.60. The van der Waals surface area contributed by atoms with E-state index in [4.69, 9.17) is 0 Å². The van der Waals surface area contributed by atoms with E-state index >= 15 is 0 Å². The number of carbonyl (C=O) groups excluding carboxylic acids is 1. The van der Waals surface area contributed by atoms with E-state index in [1.54, 1.807) is 4.68 Å². The van der Waals surface area contributed by atoms with Crippen LogP contribution in [-0.2, 0) is 7.05 Å². The van der Waals surface area contributed by atoms with Gasteiger partial charge in [-0.25, -0.2) is 0 Å². The third-order valence-corrected chi connectivity index (χ3v) is 6.98. The van der Waals surface area contributed by atoms with Gasteiger partial charge in [0.05, 0.1) is 11.7 Å². The van der Waals surface area contributed by atoms with E-state index in [9.17, 15) is 4.79 Å². The summed E-state index contributed by atoms with van der Waals surface area (Å²) in [6.07, 6.45) is 4.98. The smallest absolute Gasteiger partial charge is 0.272 e. The van der Waals surface area contributed by atoms with Gasteiger partial charge in [0.2, 0.25) is 0 Å². The van der Waals surface area contributed by atoms with Crippen LogP contribution in [0.3, 0.4) is 0 Å². The number of aromatic nitrogens is 2. The second-order valence-corrected chi connectivity index (χ2v) is 9.00. The van der Waals surface area contributed by atoms with Crippen LogP contribution in [-0.4, -0.2) is 69.2 Å². The monoisotopic (exact) mass is 398 g/mol. The van der Waals surface area contributed by atoms with Crippen LogP contribution in [0.4, 0.5) is 0 Å². The molecule has 1 aromatic heterocycles. The predicted molar refractivity (Wildman–Crippen MR) is 116 cm³/mol. The number of hydrogen-bond donors (Lipinski definition) is 0. The van der Waals surface area contributed by atoms with E-state index in [1.165, 1.54) is 32.4 Å². The van der Waals surface area contributed by atoms with Crippen LogP contribution in [0.5, 0.6) is 0 Å². The van der Waals surface area contributed by atoms with Gasteiger partial charge < -0.3 is 9.80 Å². The summed E-state index contributed by atoms with van der Waals surface area (Å²) in [6, 6.07) is 12.3. The predicted octanol–water partition coefficient (Wildman–Crippen LogP) is 3.52. The zero-order chi connectivity index (χ0) is 19.3. The highest BCUT2D eigenvalue weighted by atomic mass is 32.2. The number of piperidine rings is 1. The van der Waals surface area contributed by atoms with Gasteiger partial charge in [-0.05, 0) is 44.2 Å². The van der Waals surface area contributed by atoms with Crippen LogP contribution in [0, 0.1) is 0 Å². The second kappa shape index (κ2) is 9.14. The van der Waals surface area contributed by atoms with Gasteiger partial charge in [-0.15, -0.1) is 0 Å². The summed E-state index contributed by atoms with van der Waals surface area (Å²) in [4.78, 5) is 18.2. The van der Waals surface area contributed by atoms with Crippen LogP contribution in [0.1, 0.15) is 36.2 Å². The Balaban J connectivity index is 1.54. The van der Waals surface area contributed by atoms with Crippen molar-refractivity contribution in [2.24, 2.45) is 7.05 Å². The lowest BCUT2D eigenvalue weighted by Gasteiger charge is -2.35. The first-order chi connectivity index (χ1) is 13.7. The number of likely N-dealkylation sites (tertiary alicyclic amines) is 1.